The fourth-order valence-electron chi connectivity index (χ4n) is 2.40. The van der Waals surface area contributed by atoms with Crippen LogP contribution < -0.4 is 5.32 Å². The highest BCUT2D eigenvalue weighted by atomic mass is 19.1. The maximum atomic E-state index is 13.7. The number of benzene rings is 2. The van der Waals surface area contributed by atoms with E-state index in [0.717, 1.165) is 5.39 Å². The predicted octanol–water partition coefficient (Wildman–Crippen LogP) is 3.90. The minimum atomic E-state index is -0.150. The second-order valence-corrected chi connectivity index (χ2v) is 4.69. The number of rotatable bonds is 3. The average molecular weight is 231 g/mol. The van der Waals surface area contributed by atoms with E-state index in [4.69, 9.17) is 0 Å². The second-order valence-electron chi connectivity index (χ2n) is 4.69. The van der Waals surface area contributed by atoms with Gasteiger partial charge < -0.3 is 5.32 Å². The minimum absolute atomic E-state index is 0.150. The SMILES string of the molecule is CNC(c1ccc(F)c2ccccc12)C(C)C. The zero-order chi connectivity index (χ0) is 12.4. The van der Waals surface area contributed by atoms with Crippen molar-refractivity contribution < 1.29 is 4.39 Å². The molecule has 0 aliphatic rings. The van der Waals surface area contributed by atoms with E-state index in [1.807, 2.05) is 37.4 Å². The molecule has 0 aliphatic heterocycles. The third-order valence-corrected chi connectivity index (χ3v) is 3.22. The van der Waals surface area contributed by atoms with E-state index in [1.54, 1.807) is 6.07 Å². The molecule has 2 aromatic carbocycles. The summed E-state index contributed by atoms with van der Waals surface area (Å²) in [7, 11) is 1.95. The van der Waals surface area contributed by atoms with Crippen molar-refractivity contribution in [2.75, 3.05) is 7.05 Å². The first-order chi connectivity index (χ1) is 8.15. The first-order valence-electron chi connectivity index (χ1n) is 5.99. The van der Waals surface area contributed by atoms with Gasteiger partial charge in [-0.15, -0.1) is 0 Å². The van der Waals surface area contributed by atoms with Crippen LogP contribution in [0.4, 0.5) is 4.39 Å². The van der Waals surface area contributed by atoms with E-state index < -0.39 is 0 Å². The number of fused-ring (bicyclic) bond motifs is 1. The maximum Gasteiger partial charge on any atom is 0.131 e. The standard InChI is InChI=1S/C15H18FN/c1-10(2)15(17-3)13-8-9-14(16)12-7-5-4-6-11(12)13/h4-10,15,17H,1-3H3. The van der Waals surface area contributed by atoms with E-state index in [2.05, 4.69) is 19.2 Å². The fourth-order valence-corrected chi connectivity index (χ4v) is 2.40. The van der Waals surface area contributed by atoms with Crippen LogP contribution in [0.15, 0.2) is 36.4 Å². The Morgan fingerprint density at radius 1 is 1.00 bits per heavy atom. The molecule has 90 valence electrons. The number of hydrogen-bond donors (Lipinski definition) is 1. The van der Waals surface area contributed by atoms with Crippen molar-refractivity contribution in [3.05, 3.63) is 47.8 Å². The normalized spacial score (nSPS) is 13.2. The maximum absolute atomic E-state index is 13.7. The van der Waals surface area contributed by atoms with Gasteiger partial charge in [-0.05, 0) is 30.0 Å². The first-order valence-corrected chi connectivity index (χ1v) is 5.99. The molecular formula is C15H18FN. The van der Waals surface area contributed by atoms with Crippen molar-refractivity contribution in [1.82, 2.24) is 5.32 Å². The molecule has 2 aromatic rings. The summed E-state index contributed by atoms with van der Waals surface area (Å²) in [5, 5.41) is 5.01. The van der Waals surface area contributed by atoms with Gasteiger partial charge in [-0.1, -0.05) is 44.2 Å². The summed E-state index contributed by atoms with van der Waals surface area (Å²) >= 11 is 0. The third-order valence-electron chi connectivity index (χ3n) is 3.22. The lowest BCUT2D eigenvalue weighted by atomic mass is 9.91. The summed E-state index contributed by atoms with van der Waals surface area (Å²) in [6, 6.07) is 11.3. The Balaban J connectivity index is 2.66. The topological polar surface area (TPSA) is 12.0 Å². The molecule has 0 aromatic heterocycles. The first kappa shape index (κ1) is 12.1. The molecule has 2 rings (SSSR count). The summed E-state index contributed by atoms with van der Waals surface area (Å²) in [5.41, 5.74) is 1.17. The molecule has 0 heterocycles. The molecule has 0 bridgehead atoms. The Morgan fingerprint density at radius 2 is 1.65 bits per heavy atom. The number of hydrogen-bond acceptors (Lipinski definition) is 1. The van der Waals surface area contributed by atoms with Crippen LogP contribution in [0.25, 0.3) is 10.8 Å². The van der Waals surface area contributed by atoms with Gasteiger partial charge in [-0.25, -0.2) is 4.39 Å². The molecule has 0 radical (unpaired) electrons. The van der Waals surface area contributed by atoms with Gasteiger partial charge >= 0.3 is 0 Å². The molecular weight excluding hydrogens is 213 g/mol. The van der Waals surface area contributed by atoms with Crippen molar-refractivity contribution >= 4 is 10.8 Å². The van der Waals surface area contributed by atoms with Crippen LogP contribution in [0.3, 0.4) is 0 Å². The summed E-state index contributed by atoms with van der Waals surface area (Å²) in [6.45, 7) is 4.33. The molecule has 1 unspecified atom stereocenters. The van der Waals surface area contributed by atoms with Gasteiger partial charge in [-0.2, -0.15) is 0 Å². The van der Waals surface area contributed by atoms with E-state index >= 15 is 0 Å². The minimum Gasteiger partial charge on any atom is -0.313 e. The van der Waals surface area contributed by atoms with Crippen LogP contribution in [0.2, 0.25) is 0 Å². The van der Waals surface area contributed by atoms with E-state index in [9.17, 15) is 4.39 Å². The Labute approximate surface area is 102 Å². The number of nitrogens with one attached hydrogen (secondary N) is 1. The van der Waals surface area contributed by atoms with Gasteiger partial charge in [0.25, 0.3) is 0 Å². The lowest BCUT2D eigenvalue weighted by Crippen LogP contribution is -2.22. The van der Waals surface area contributed by atoms with Gasteiger partial charge in [0, 0.05) is 11.4 Å². The van der Waals surface area contributed by atoms with Crippen LogP contribution >= 0.6 is 0 Å². The van der Waals surface area contributed by atoms with Crippen molar-refractivity contribution in [2.45, 2.75) is 19.9 Å². The van der Waals surface area contributed by atoms with E-state index in [0.29, 0.717) is 11.3 Å². The smallest absolute Gasteiger partial charge is 0.131 e. The van der Waals surface area contributed by atoms with Crippen LogP contribution in [-0.2, 0) is 0 Å². The fraction of sp³-hybridized carbons (Fsp3) is 0.333. The second kappa shape index (κ2) is 4.84. The van der Waals surface area contributed by atoms with Crippen LogP contribution in [0, 0.1) is 11.7 Å². The molecule has 1 nitrogen and oxygen atoms in total. The summed E-state index contributed by atoms with van der Waals surface area (Å²) < 4.78 is 13.7. The van der Waals surface area contributed by atoms with Crippen LogP contribution in [0.1, 0.15) is 25.5 Å². The number of halogens is 1. The Kier molecular flexibility index (Phi) is 3.43. The molecule has 17 heavy (non-hydrogen) atoms. The molecule has 0 aliphatic carbocycles. The van der Waals surface area contributed by atoms with E-state index in [-0.39, 0.29) is 11.9 Å². The highest BCUT2D eigenvalue weighted by Gasteiger charge is 2.16. The van der Waals surface area contributed by atoms with Crippen molar-refractivity contribution in [3.63, 3.8) is 0 Å². The van der Waals surface area contributed by atoms with Gasteiger partial charge in [0.1, 0.15) is 5.82 Å². The monoisotopic (exact) mass is 231 g/mol. The summed E-state index contributed by atoms with van der Waals surface area (Å²) in [6.07, 6.45) is 0. The van der Waals surface area contributed by atoms with Crippen molar-refractivity contribution in [2.24, 2.45) is 5.92 Å². The van der Waals surface area contributed by atoms with Crippen molar-refractivity contribution in [1.29, 1.82) is 0 Å². The summed E-state index contributed by atoms with van der Waals surface area (Å²) in [4.78, 5) is 0. The molecule has 1 N–H and O–H groups in total. The zero-order valence-electron chi connectivity index (χ0n) is 10.5. The quantitative estimate of drug-likeness (QED) is 0.845. The Bertz CT molecular complexity index is 519. The van der Waals surface area contributed by atoms with Gasteiger partial charge in [0.05, 0.1) is 0 Å². The zero-order valence-corrected chi connectivity index (χ0v) is 10.5. The van der Waals surface area contributed by atoms with Crippen LogP contribution in [0.5, 0.6) is 0 Å². The van der Waals surface area contributed by atoms with E-state index in [1.165, 1.54) is 5.56 Å². The average Bonchev–Trinajstić information content (AvgIpc) is 2.33. The van der Waals surface area contributed by atoms with Crippen LogP contribution in [-0.4, -0.2) is 7.05 Å². The van der Waals surface area contributed by atoms with Gasteiger partial charge in [-0.3, -0.25) is 0 Å². The van der Waals surface area contributed by atoms with Gasteiger partial charge in [0.15, 0.2) is 0 Å². The Hall–Kier alpha value is -1.41. The molecule has 0 amide bonds. The lowest BCUT2D eigenvalue weighted by molar-refractivity contribution is 0.445. The highest BCUT2D eigenvalue weighted by Crippen LogP contribution is 2.29. The highest BCUT2D eigenvalue weighted by molar-refractivity contribution is 5.86. The largest absolute Gasteiger partial charge is 0.313 e. The molecule has 0 fully saturated rings. The molecule has 0 spiro atoms. The molecule has 1 atom stereocenters. The summed E-state index contributed by atoms with van der Waals surface area (Å²) in [5.74, 6) is 0.317. The van der Waals surface area contributed by atoms with Crippen molar-refractivity contribution in [3.8, 4) is 0 Å². The Morgan fingerprint density at radius 3 is 2.24 bits per heavy atom. The molecule has 2 heteroatoms. The predicted molar refractivity (Wildman–Crippen MR) is 70.5 cm³/mol. The van der Waals surface area contributed by atoms with Gasteiger partial charge in [0.2, 0.25) is 0 Å². The molecule has 0 saturated heterocycles. The third kappa shape index (κ3) is 2.18. The lowest BCUT2D eigenvalue weighted by Gasteiger charge is -2.22. The molecule has 0 saturated carbocycles.